The predicted molar refractivity (Wildman–Crippen MR) is 111 cm³/mol. The molecule has 0 atom stereocenters. The Morgan fingerprint density at radius 1 is 1.24 bits per heavy atom. The van der Waals surface area contributed by atoms with E-state index in [0.29, 0.717) is 37.7 Å². The normalized spacial score (nSPS) is 16.7. The maximum Gasteiger partial charge on any atom is 0.272 e. The summed E-state index contributed by atoms with van der Waals surface area (Å²) in [5.41, 5.74) is 4.66. The summed E-state index contributed by atoms with van der Waals surface area (Å²) < 4.78 is 1.80. The van der Waals surface area contributed by atoms with Gasteiger partial charge in [0.15, 0.2) is 5.69 Å². The van der Waals surface area contributed by atoms with Crippen molar-refractivity contribution in [2.24, 2.45) is 13.0 Å². The number of aromatic nitrogens is 2. The van der Waals surface area contributed by atoms with Crippen LogP contribution in [0.2, 0.25) is 0 Å². The molecule has 0 bridgehead atoms. The molecule has 6 heteroatoms. The molecule has 1 N–H and O–H groups in total. The van der Waals surface area contributed by atoms with E-state index in [9.17, 15) is 9.59 Å². The summed E-state index contributed by atoms with van der Waals surface area (Å²) in [4.78, 5) is 27.6. The summed E-state index contributed by atoms with van der Waals surface area (Å²) in [6.45, 7) is 3.71. The zero-order valence-corrected chi connectivity index (χ0v) is 17.4. The summed E-state index contributed by atoms with van der Waals surface area (Å²) in [6.07, 6.45) is 6.23. The predicted octanol–water partition coefficient (Wildman–Crippen LogP) is 3.12. The second-order valence-corrected chi connectivity index (χ2v) is 8.49. The van der Waals surface area contributed by atoms with Gasteiger partial charge in [-0.3, -0.25) is 14.3 Å². The van der Waals surface area contributed by atoms with Gasteiger partial charge in [0.1, 0.15) is 0 Å². The average molecular weight is 395 g/mol. The molecule has 2 heterocycles. The molecule has 6 nitrogen and oxygen atoms in total. The molecular formula is C23H30N4O2. The highest BCUT2D eigenvalue weighted by Crippen LogP contribution is 2.29. The van der Waals surface area contributed by atoms with E-state index in [2.05, 4.69) is 16.5 Å². The molecule has 1 saturated carbocycles. The Labute approximate surface area is 172 Å². The van der Waals surface area contributed by atoms with Gasteiger partial charge >= 0.3 is 0 Å². The van der Waals surface area contributed by atoms with Gasteiger partial charge in [0.05, 0.1) is 0 Å². The number of nitrogens with zero attached hydrogens (tertiary/aromatic N) is 3. The van der Waals surface area contributed by atoms with Crippen LogP contribution in [0, 0.1) is 12.8 Å². The molecule has 154 valence electrons. The second-order valence-electron chi connectivity index (χ2n) is 8.49. The van der Waals surface area contributed by atoms with Crippen molar-refractivity contribution >= 4 is 11.8 Å². The van der Waals surface area contributed by atoms with Gasteiger partial charge in [-0.2, -0.15) is 5.10 Å². The minimum Gasteiger partial charge on any atom is -0.347 e. The molecule has 1 aliphatic carbocycles. The summed E-state index contributed by atoms with van der Waals surface area (Å²) >= 11 is 0. The topological polar surface area (TPSA) is 67.2 Å². The van der Waals surface area contributed by atoms with Gasteiger partial charge in [-0.15, -0.1) is 0 Å². The van der Waals surface area contributed by atoms with Gasteiger partial charge in [-0.1, -0.05) is 42.7 Å². The molecule has 29 heavy (non-hydrogen) atoms. The fourth-order valence-corrected chi connectivity index (χ4v) is 4.67. The molecule has 0 unspecified atom stereocenters. The molecule has 4 rings (SSSR count). The number of carbonyl (C=O) groups is 2. The molecular weight excluding hydrogens is 364 g/mol. The highest BCUT2D eigenvalue weighted by molar-refractivity contribution is 5.94. The standard InChI is InChI=1S/C23H30N4O2/c1-16-6-5-9-18(12-16)14-24-23(29)22-19-15-27(11-10-20(19)26(2)25-22)21(28)13-17-7-3-4-8-17/h5-6,9,12,17H,3-4,7-8,10-11,13-15H2,1-2H3,(H,24,29). The van der Waals surface area contributed by atoms with Crippen LogP contribution < -0.4 is 5.32 Å². The minimum absolute atomic E-state index is 0.173. The quantitative estimate of drug-likeness (QED) is 0.847. The summed E-state index contributed by atoms with van der Waals surface area (Å²) in [5, 5.41) is 7.48. The molecule has 1 aromatic heterocycles. The molecule has 1 aliphatic heterocycles. The van der Waals surface area contributed by atoms with Gasteiger partial charge in [-0.05, 0) is 31.2 Å². The minimum atomic E-state index is -0.173. The van der Waals surface area contributed by atoms with Crippen molar-refractivity contribution in [2.45, 2.75) is 58.5 Å². The van der Waals surface area contributed by atoms with Crippen LogP contribution in [-0.4, -0.2) is 33.0 Å². The number of hydrogen-bond donors (Lipinski definition) is 1. The Kier molecular flexibility index (Phi) is 5.69. The molecule has 1 aromatic carbocycles. The van der Waals surface area contributed by atoms with E-state index in [4.69, 9.17) is 0 Å². The van der Waals surface area contributed by atoms with Crippen molar-refractivity contribution in [3.8, 4) is 0 Å². The van der Waals surface area contributed by atoms with Crippen LogP contribution in [0.3, 0.4) is 0 Å². The third kappa shape index (κ3) is 4.36. The number of rotatable bonds is 5. The average Bonchev–Trinajstić information content (AvgIpc) is 3.34. The van der Waals surface area contributed by atoms with E-state index >= 15 is 0 Å². The number of amides is 2. The first kappa shape index (κ1) is 19.7. The molecule has 0 radical (unpaired) electrons. The van der Waals surface area contributed by atoms with Crippen LogP contribution in [0.15, 0.2) is 24.3 Å². The Bertz CT molecular complexity index is 912. The zero-order valence-electron chi connectivity index (χ0n) is 17.4. The number of aryl methyl sites for hydroxylation is 2. The summed E-state index contributed by atoms with van der Waals surface area (Å²) in [6, 6.07) is 8.10. The summed E-state index contributed by atoms with van der Waals surface area (Å²) in [5.74, 6) is 0.584. The number of hydrogen-bond acceptors (Lipinski definition) is 3. The SMILES string of the molecule is Cc1cccc(CNC(=O)c2nn(C)c3c2CN(C(=O)CC2CCCC2)CC3)c1. The van der Waals surface area contributed by atoms with Crippen LogP contribution in [-0.2, 0) is 31.4 Å². The van der Waals surface area contributed by atoms with Crippen LogP contribution >= 0.6 is 0 Å². The van der Waals surface area contributed by atoms with Gasteiger partial charge in [0.25, 0.3) is 5.91 Å². The lowest BCUT2D eigenvalue weighted by Crippen LogP contribution is -2.37. The van der Waals surface area contributed by atoms with E-state index < -0.39 is 0 Å². The van der Waals surface area contributed by atoms with Crippen molar-refractivity contribution in [1.82, 2.24) is 20.0 Å². The number of nitrogens with one attached hydrogen (secondary N) is 1. The second kappa shape index (κ2) is 8.39. The first-order valence-electron chi connectivity index (χ1n) is 10.7. The lowest BCUT2D eigenvalue weighted by molar-refractivity contribution is -0.133. The van der Waals surface area contributed by atoms with Gasteiger partial charge < -0.3 is 10.2 Å². The monoisotopic (exact) mass is 394 g/mol. The van der Waals surface area contributed by atoms with Gasteiger partial charge in [-0.25, -0.2) is 0 Å². The molecule has 0 saturated heterocycles. The molecule has 2 aliphatic rings. The largest absolute Gasteiger partial charge is 0.347 e. The van der Waals surface area contributed by atoms with E-state index in [1.54, 1.807) is 4.68 Å². The van der Waals surface area contributed by atoms with Crippen LogP contribution in [0.5, 0.6) is 0 Å². The molecule has 2 aromatic rings. The smallest absolute Gasteiger partial charge is 0.272 e. The molecule has 2 amide bonds. The van der Waals surface area contributed by atoms with E-state index in [-0.39, 0.29) is 11.8 Å². The number of carbonyl (C=O) groups excluding carboxylic acids is 2. The van der Waals surface area contributed by atoms with E-state index in [1.165, 1.54) is 31.2 Å². The maximum atomic E-state index is 12.9. The van der Waals surface area contributed by atoms with Crippen molar-refractivity contribution in [1.29, 1.82) is 0 Å². The van der Waals surface area contributed by atoms with Crippen LogP contribution in [0.25, 0.3) is 0 Å². The summed E-state index contributed by atoms with van der Waals surface area (Å²) in [7, 11) is 1.88. The number of fused-ring (bicyclic) bond motifs is 1. The van der Waals surface area contributed by atoms with E-state index in [1.807, 2.05) is 37.1 Å². The molecule has 1 fully saturated rings. The Morgan fingerprint density at radius 3 is 2.79 bits per heavy atom. The van der Waals surface area contributed by atoms with Crippen molar-refractivity contribution in [2.75, 3.05) is 6.54 Å². The van der Waals surface area contributed by atoms with Gasteiger partial charge in [0, 0.05) is 50.8 Å². The first-order chi connectivity index (χ1) is 14.0. The Hall–Kier alpha value is -2.63. The third-order valence-electron chi connectivity index (χ3n) is 6.28. The van der Waals surface area contributed by atoms with Crippen LogP contribution in [0.4, 0.5) is 0 Å². The first-order valence-corrected chi connectivity index (χ1v) is 10.7. The fraction of sp³-hybridized carbons (Fsp3) is 0.522. The van der Waals surface area contributed by atoms with Crippen molar-refractivity contribution in [3.63, 3.8) is 0 Å². The zero-order chi connectivity index (χ0) is 20.4. The van der Waals surface area contributed by atoms with Crippen molar-refractivity contribution < 1.29 is 9.59 Å². The number of benzene rings is 1. The van der Waals surface area contributed by atoms with Crippen LogP contribution in [0.1, 0.15) is 65.0 Å². The highest BCUT2D eigenvalue weighted by Gasteiger charge is 2.30. The lowest BCUT2D eigenvalue weighted by Gasteiger charge is -2.28. The Balaban J connectivity index is 1.44. The fourth-order valence-electron chi connectivity index (χ4n) is 4.67. The van der Waals surface area contributed by atoms with Gasteiger partial charge in [0.2, 0.25) is 5.91 Å². The lowest BCUT2D eigenvalue weighted by atomic mass is 10.0. The maximum absolute atomic E-state index is 12.9. The molecule has 0 spiro atoms. The Morgan fingerprint density at radius 2 is 2.03 bits per heavy atom. The highest BCUT2D eigenvalue weighted by atomic mass is 16.2. The van der Waals surface area contributed by atoms with Crippen molar-refractivity contribution in [3.05, 3.63) is 52.3 Å². The third-order valence-corrected chi connectivity index (χ3v) is 6.28. The van der Waals surface area contributed by atoms with E-state index in [0.717, 1.165) is 23.2 Å².